The molecule has 1 aliphatic rings. The predicted octanol–water partition coefficient (Wildman–Crippen LogP) is 0.687. The van der Waals surface area contributed by atoms with E-state index in [9.17, 15) is 14.7 Å². The van der Waals surface area contributed by atoms with E-state index < -0.39 is 23.2 Å². The normalized spacial score (nSPS) is 20.0. The summed E-state index contributed by atoms with van der Waals surface area (Å²) in [5.41, 5.74) is -1.77. The van der Waals surface area contributed by atoms with Crippen molar-refractivity contribution in [3.05, 3.63) is 0 Å². The summed E-state index contributed by atoms with van der Waals surface area (Å²) < 4.78 is 10.3. The molecule has 20 heavy (non-hydrogen) atoms. The van der Waals surface area contributed by atoms with Crippen molar-refractivity contribution >= 4 is 12.1 Å². The maximum Gasteiger partial charge on any atom is 0.407 e. The lowest BCUT2D eigenvalue weighted by Gasteiger charge is -2.40. The highest BCUT2D eigenvalue weighted by molar-refractivity contribution is 5.80. The molecule has 0 radical (unpaired) electrons. The highest BCUT2D eigenvalue weighted by atomic mass is 16.6. The fourth-order valence-electron chi connectivity index (χ4n) is 1.94. The molecule has 1 amide bonds. The molecule has 7 nitrogen and oxygen atoms in total. The lowest BCUT2D eigenvalue weighted by molar-refractivity contribution is -0.153. The highest BCUT2D eigenvalue weighted by Gasteiger charge is 2.40. The predicted molar refractivity (Wildman–Crippen MR) is 72.7 cm³/mol. The van der Waals surface area contributed by atoms with Gasteiger partial charge in [0.05, 0.1) is 13.2 Å². The van der Waals surface area contributed by atoms with E-state index in [4.69, 9.17) is 9.47 Å². The average molecular weight is 288 g/mol. The van der Waals surface area contributed by atoms with Gasteiger partial charge in [-0.2, -0.15) is 0 Å². The average Bonchev–Trinajstić information content (AvgIpc) is 2.34. The molecule has 1 atom stereocenters. The maximum absolute atomic E-state index is 11.6. The van der Waals surface area contributed by atoms with Gasteiger partial charge in [0.15, 0.2) is 0 Å². The molecule has 0 saturated carbocycles. The lowest BCUT2D eigenvalue weighted by atomic mass is 9.99. The first-order chi connectivity index (χ1) is 9.15. The second kappa shape index (κ2) is 6.41. The zero-order valence-corrected chi connectivity index (χ0v) is 12.6. The Morgan fingerprint density at radius 3 is 2.25 bits per heavy atom. The number of carboxylic acid groups (broad SMARTS) is 1. The van der Waals surface area contributed by atoms with E-state index in [2.05, 4.69) is 5.32 Å². The van der Waals surface area contributed by atoms with E-state index in [1.807, 2.05) is 0 Å². The lowest BCUT2D eigenvalue weighted by Crippen LogP contribution is -2.61. The Bertz CT molecular complexity index is 360. The molecule has 0 aromatic rings. The van der Waals surface area contributed by atoms with Crippen LogP contribution in [0.5, 0.6) is 0 Å². The summed E-state index contributed by atoms with van der Waals surface area (Å²) >= 11 is 0. The molecule has 2 N–H and O–H groups in total. The number of morpholine rings is 1. The van der Waals surface area contributed by atoms with Crippen LogP contribution >= 0.6 is 0 Å². The molecular weight excluding hydrogens is 264 g/mol. The molecule has 1 heterocycles. The minimum absolute atomic E-state index is 0.0166. The van der Waals surface area contributed by atoms with Crippen LogP contribution in [0.3, 0.4) is 0 Å². The van der Waals surface area contributed by atoms with Gasteiger partial charge < -0.3 is 19.9 Å². The van der Waals surface area contributed by atoms with Crippen LogP contribution in [0.4, 0.5) is 4.79 Å². The molecule has 0 aromatic carbocycles. The summed E-state index contributed by atoms with van der Waals surface area (Å²) in [6.07, 6.45) is -0.613. The first kappa shape index (κ1) is 16.7. The third-order valence-corrected chi connectivity index (χ3v) is 3.15. The quantitative estimate of drug-likeness (QED) is 0.791. The van der Waals surface area contributed by atoms with Crippen molar-refractivity contribution in [1.29, 1.82) is 0 Å². The first-order valence-corrected chi connectivity index (χ1v) is 6.68. The van der Waals surface area contributed by atoms with Gasteiger partial charge in [0.25, 0.3) is 0 Å². The molecule has 116 valence electrons. The molecule has 1 rings (SSSR count). The van der Waals surface area contributed by atoms with Crippen molar-refractivity contribution < 1.29 is 24.2 Å². The van der Waals surface area contributed by atoms with E-state index in [-0.39, 0.29) is 6.54 Å². The van der Waals surface area contributed by atoms with Gasteiger partial charge in [0, 0.05) is 19.6 Å². The van der Waals surface area contributed by atoms with Gasteiger partial charge >= 0.3 is 12.1 Å². The molecule has 0 aromatic heterocycles. The molecule has 0 bridgehead atoms. The number of hydrogen-bond donors (Lipinski definition) is 2. The summed E-state index contributed by atoms with van der Waals surface area (Å²) in [6.45, 7) is 8.89. The molecule has 0 aliphatic carbocycles. The van der Waals surface area contributed by atoms with Gasteiger partial charge in [0.1, 0.15) is 11.1 Å². The Kier molecular flexibility index (Phi) is 5.35. The summed E-state index contributed by atoms with van der Waals surface area (Å²) in [5, 5.41) is 12.0. The highest BCUT2D eigenvalue weighted by Crippen LogP contribution is 2.17. The van der Waals surface area contributed by atoms with Crippen LogP contribution < -0.4 is 5.32 Å². The number of carbonyl (C=O) groups excluding carboxylic acids is 1. The molecule has 0 spiro atoms. The Morgan fingerprint density at radius 1 is 1.25 bits per heavy atom. The largest absolute Gasteiger partial charge is 0.480 e. The van der Waals surface area contributed by atoms with E-state index >= 15 is 0 Å². The molecule has 1 fully saturated rings. The van der Waals surface area contributed by atoms with Crippen molar-refractivity contribution in [2.24, 2.45) is 0 Å². The number of carbonyl (C=O) groups is 2. The second-order valence-corrected chi connectivity index (χ2v) is 6.03. The molecule has 1 aliphatic heterocycles. The monoisotopic (exact) mass is 288 g/mol. The van der Waals surface area contributed by atoms with Gasteiger partial charge in [0.2, 0.25) is 0 Å². The third kappa shape index (κ3) is 4.64. The topological polar surface area (TPSA) is 88.1 Å². The van der Waals surface area contributed by atoms with Crippen molar-refractivity contribution in [3.63, 3.8) is 0 Å². The standard InChI is InChI=1S/C13H24N2O5/c1-12(2,3)20-11(18)14-9-13(4,10(16)17)15-5-7-19-8-6-15/h5-9H2,1-4H3,(H,14,18)(H,16,17)/t13-/m0/s1. The fourth-order valence-corrected chi connectivity index (χ4v) is 1.94. The zero-order chi connectivity index (χ0) is 15.4. The number of hydrogen-bond acceptors (Lipinski definition) is 5. The number of amides is 1. The smallest absolute Gasteiger partial charge is 0.407 e. The fraction of sp³-hybridized carbons (Fsp3) is 0.846. The summed E-state index contributed by atoms with van der Waals surface area (Å²) in [5.74, 6) is -0.976. The minimum Gasteiger partial charge on any atom is -0.480 e. The van der Waals surface area contributed by atoms with Gasteiger partial charge in [-0.25, -0.2) is 4.79 Å². The number of alkyl carbamates (subject to hydrolysis) is 1. The Morgan fingerprint density at radius 2 is 1.80 bits per heavy atom. The Hall–Kier alpha value is -1.34. The minimum atomic E-state index is -1.17. The number of nitrogens with one attached hydrogen (secondary N) is 1. The number of rotatable bonds is 4. The van der Waals surface area contributed by atoms with Gasteiger partial charge in [-0.05, 0) is 27.7 Å². The SMILES string of the molecule is CC(C)(C)OC(=O)NC[C@@](C)(C(=O)O)N1CCOCC1. The van der Waals surface area contributed by atoms with Crippen LogP contribution in [0.15, 0.2) is 0 Å². The van der Waals surface area contributed by atoms with E-state index in [1.54, 1.807) is 32.6 Å². The summed E-state index contributed by atoms with van der Waals surface area (Å²) in [7, 11) is 0. The van der Waals surface area contributed by atoms with Crippen LogP contribution in [0.25, 0.3) is 0 Å². The van der Waals surface area contributed by atoms with Crippen LogP contribution in [-0.4, -0.2) is 66.1 Å². The summed E-state index contributed by atoms with van der Waals surface area (Å²) in [6, 6.07) is 0. The van der Waals surface area contributed by atoms with E-state index in [0.717, 1.165) is 0 Å². The van der Waals surface area contributed by atoms with E-state index in [1.165, 1.54) is 0 Å². The van der Waals surface area contributed by atoms with Crippen molar-refractivity contribution in [1.82, 2.24) is 10.2 Å². The number of carboxylic acids is 1. The zero-order valence-electron chi connectivity index (χ0n) is 12.6. The van der Waals surface area contributed by atoms with Crippen LogP contribution in [-0.2, 0) is 14.3 Å². The Balaban J connectivity index is 2.62. The molecule has 7 heteroatoms. The molecule has 0 unspecified atom stereocenters. The second-order valence-electron chi connectivity index (χ2n) is 6.03. The number of ether oxygens (including phenoxy) is 2. The number of aliphatic carboxylic acids is 1. The van der Waals surface area contributed by atoms with Crippen molar-refractivity contribution in [2.45, 2.75) is 38.8 Å². The Labute approximate surface area is 119 Å². The van der Waals surface area contributed by atoms with Crippen LogP contribution in [0, 0.1) is 0 Å². The van der Waals surface area contributed by atoms with Gasteiger partial charge in [-0.1, -0.05) is 0 Å². The number of nitrogens with zero attached hydrogens (tertiary/aromatic N) is 1. The van der Waals surface area contributed by atoms with Gasteiger partial charge in [-0.15, -0.1) is 0 Å². The summed E-state index contributed by atoms with van der Waals surface area (Å²) in [4.78, 5) is 25.0. The van der Waals surface area contributed by atoms with Crippen molar-refractivity contribution in [3.8, 4) is 0 Å². The maximum atomic E-state index is 11.6. The van der Waals surface area contributed by atoms with Crippen molar-refractivity contribution in [2.75, 3.05) is 32.8 Å². The van der Waals surface area contributed by atoms with Crippen LogP contribution in [0.2, 0.25) is 0 Å². The van der Waals surface area contributed by atoms with E-state index in [0.29, 0.717) is 26.3 Å². The van der Waals surface area contributed by atoms with Crippen LogP contribution in [0.1, 0.15) is 27.7 Å². The van der Waals surface area contributed by atoms with Gasteiger partial charge in [-0.3, -0.25) is 9.69 Å². The first-order valence-electron chi connectivity index (χ1n) is 6.68. The molecule has 1 saturated heterocycles. The third-order valence-electron chi connectivity index (χ3n) is 3.15. The molecular formula is C13H24N2O5.